The normalized spacial score (nSPS) is 16.5. The highest BCUT2D eigenvalue weighted by molar-refractivity contribution is 8.00. The second kappa shape index (κ2) is 28.0. The predicted octanol–water partition coefficient (Wildman–Crippen LogP) is 10.7. The molecule has 2 saturated heterocycles. The molecule has 6 aromatic rings. The number of amides is 3. The van der Waals surface area contributed by atoms with E-state index in [4.69, 9.17) is 54.3 Å². The number of carbonyl (C=O) groups is 5. The molecular formula is C66H77ClN7O15S2+. The van der Waals surface area contributed by atoms with Gasteiger partial charge in [0.15, 0.2) is 27.8 Å². The number of nitrogens with one attached hydrogen (secondary N) is 2. The molecule has 0 radical (unpaired) electrons. The lowest BCUT2D eigenvalue weighted by Gasteiger charge is -2.50. The zero-order valence-corrected chi connectivity index (χ0v) is 55.5. The quantitative estimate of drug-likeness (QED) is 0.0143. The minimum Gasteiger partial charge on any atom is -0.497 e. The molecule has 2 aromatic heterocycles. The summed E-state index contributed by atoms with van der Waals surface area (Å²) in [7, 11) is 4.75. The Morgan fingerprint density at radius 3 is 1.90 bits per heavy atom. The second-order valence-electron chi connectivity index (χ2n) is 24.7. The summed E-state index contributed by atoms with van der Waals surface area (Å²) in [6, 6.07) is 22.6. The van der Waals surface area contributed by atoms with Crippen LogP contribution in [0, 0.1) is 0 Å². The van der Waals surface area contributed by atoms with E-state index in [0.29, 0.717) is 69.3 Å². The van der Waals surface area contributed by atoms with E-state index in [1.807, 2.05) is 66.2 Å². The fraction of sp³-hybridized carbons (Fsp3) is 0.424. The van der Waals surface area contributed by atoms with Gasteiger partial charge >= 0.3 is 18.0 Å². The molecule has 91 heavy (non-hydrogen) atoms. The van der Waals surface area contributed by atoms with Crippen molar-refractivity contribution in [3.05, 3.63) is 145 Å². The van der Waals surface area contributed by atoms with Crippen LogP contribution < -0.4 is 39.7 Å². The number of thioether (sulfide) groups is 1. The topological polar surface area (TPSA) is 243 Å². The van der Waals surface area contributed by atoms with Crippen molar-refractivity contribution < 1.29 is 71.2 Å². The van der Waals surface area contributed by atoms with E-state index < -0.39 is 63.8 Å². The number of oxime groups is 1. The molecule has 2 fully saturated rings. The summed E-state index contributed by atoms with van der Waals surface area (Å²) in [6.45, 7) is 17.4. The largest absolute Gasteiger partial charge is 0.497 e. The lowest BCUT2D eigenvalue weighted by Crippen LogP contribution is -2.71. The molecule has 0 unspecified atom stereocenters. The Morgan fingerprint density at radius 1 is 0.769 bits per heavy atom. The molecule has 2 N–H and O–H groups in total. The number of hydrogen-bond donors (Lipinski definition) is 2. The molecule has 4 aromatic carbocycles. The number of rotatable bonds is 24. The van der Waals surface area contributed by atoms with Crippen LogP contribution in [0.1, 0.15) is 103 Å². The molecule has 3 aliphatic heterocycles. The number of anilines is 1. The summed E-state index contributed by atoms with van der Waals surface area (Å²) in [4.78, 5) is 97.2. The van der Waals surface area contributed by atoms with Crippen molar-refractivity contribution in [2.45, 2.75) is 136 Å². The van der Waals surface area contributed by atoms with Gasteiger partial charge in [0.2, 0.25) is 5.60 Å². The Kier molecular flexibility index (Phi) is 20.7. The molecule has 25 heteroatoms. The number of benzene rings is 4. The Hall–Kier alpha value is -8.32. The smallest absolute Gasteiger partial charge is 0.413 e. The van der Waals surface area contributed by atoms with Gasteiger partial charge in [-0.3, -0.25) is 24.6 Å². The molecule has 3 amide bonds. The van der Waals surface area contributed by atoms with Crippen molar-refractivity contribution in [1.82, 2.24) is 19.8 Å². The number of esters is 2. The summed E-state index contributed by atoms with van der Waals surface area (Å²) in [5, 5.41) is 10.6. The Labute approximate surface area is 541 Å². The van der Waals surface area contributed by atoms with Gasteiger partial charge in [0, 0.05) is 48.4 Å². The van der Waals surface area contributed by atoms with Crippen molar-refractivity contribution >= 4 is 86.3 Å². The van der Waals surface area contributed by atoms with Crippen LogP contribution in [0.15, 0.2) is 112 Å². The van der Waals surface area contributed by atoms with E-state index in [0.717, 1.165) is 35.3 Å². The fourth-order valence-corrected chi connectivity index (χ4v) is 13.0. The number of ether oxygens (including phenoxy) is 8. The predicted molar refractivity (Wildman–Crippen MR) is 346 cm³/mol. The van der Waals surface area contributed by atoms with Crippen molar-refractivity contribution in [1.29, 1.82) is 0 Å². The first-order chi connectivity index (χ1) is 43.2. The second-order valence-corrected chi connectivity index (χ2v) is 27.1. The fourth-order valence-electron chi connectivity index (χ4n) is 10.6. The number of hydrogen-bond acceptors (Lipinski definition) is 19. The molecule has 0 saturated carbocycles. The van der Waals surface area contributed by atoms with Gasteiger partial charge in [-0.1, -0.05) is 53.2 Å². The Morgan fingerprint density at radius 2 is 1.34 bits per heavy atom. The third-order valence-corrected chi connectivity index (χ3v) is 17.6. The minimum absolute atomic E-state index is 0.0409. The van der Waals surface area contributed by atoms with Crippen LogP contribution >= 0.6 is 34.7 Å². The van der Waals surface area contributed by atoms with Gasteiger partial charge in [-0.25, -0.2) is 19.4 Å². The molecule has 3 aliphatic rings. The van der Waals surface area contributed by atoms with Crippen molar-refractivity contribution in [3.8, 4) is 28.7 Å². The maximum Gasteiger partial charge on any atom is 0.413 e. The van der Waals surface area contributed by atoms with E-state index in [1.165, 1.54) is 35.9 Å². The number of likely N-dealkylation sites (tertiary alicyclic amines) is 1. The first-order valence-corrected chi connectivity index (χ1v) is 32.0. The number of β-lactam (4-membered cyclic amide) rings is 1. The lowest BCUT2D eigenvalue weighted by molar-refractivity contribution is -0.925. The summed E-state index contributed by atoms with van der Waals surface area (Å²) < 4.78 is 48.4. The average Bonchev–Trinajstić information content (AvgIpc) is 1.13. The highest BCUT2D eigenvalue weighted by Crippen LogP contribution is 2.44. The van der Waals surface area contributed by atoms with E-state index in [1.54, 1.807) is 93.2 Å². The maximum absolute atomic E-state index is 15.3. The maximum atomic E-state index is 15.3. The number of nitrogens with zero attached hydrogens (tertiary/aromatic N) is 5. The molecule has 2 atom stereocenters. The highest BCUT2D eigenvalue weighted by Gasteiger charge is 2.56. The average molecular weight is 1310 g/mol. The zero-order valence-electron chi connectivity index (χ0n) is 53.1. The summed E-state index contributed by atoms with van der Waals surface area (Å²) in [6.07, 6.45) is 2.72. The van der Waals surface area contributed by atoms with Crippen molar-refractivity contribution in [2.24, 2.45) is 5.16 Å². The molecule has 484 valence electrons. The number of methoxy groups -OCH3 is 3. The van der Waals surface area contributed by atoms with E-state index in [-0.39, 0.29) is 76.8 Å². The molecular weight excluding hydrogens is 1230 g/mol. The summed E-state index contributed by atoms with van der Waals surface area (Å²) in [5.41, 5.74) is -0.132. The van der Waals surface area contributed by atoms with Crippen LogP contribution in [0.4, 0.5) is 9.93 Å². The van der Waals surface area contributed by atoms with Gasteiger partial charge in [0.1, 0.15) is 84.2 Å². The van der Waals surface area contributed by atoms with Crippen LogP contribution in [-0.2, 0) is 71.1 Å². The molecule has 0 bridgehead atoms. The van der Waals surface area contributed by atoms with E-state index >= 15 is 4.79 Å². The Balaban J connectivity index is 1.04. The number of halogens is 1. The first kappa shape index (κ1) is 67.1. The number of aromatic nitrogens is 2. The van der Waals surface area contributed by atoms with Crippen LogP contribution in [0.2, 0.25) is 5.02 Å². The number of aryl methyl sites for hydroxylation is 1. The number of thiazole rings is 1. The molecule has 22 nitrogen and oxygen atoms in total. The highest BCUT2D eigenvalue weighted by atomic mass is 35.5. The molecule has 5 heterocycles. The first-order valence-electron chi connectivity index (χ1n) is 29.7. The van der Waals surface area contributed by atoms with Crippen LogP contribution in [0.25, 0.3) is 10.9 Å². The molecule has 0 aliphatic carbocycles. The van der Waals surface area contributed by atoms with Gasteiger partial charge in [-0.2, -0.15) is 0 Å². The SMILES string of the molecule is CCn1cc(C[N+]2(CC3=C(C(=O)OCc4ccc(OC)cc4)N4C(=O)[C@@H](NC(=O)C(=NOC(C)(C)C(=O)OC(C)(C)C)c5csc(NC(=O)OC(C)(C)C)n5)[C@H]4SC3)CCCC2)c(=O)c2c(Cl)c(OCc3ccc(OC)cc3)c(OCc3ccc(OC)cc3)cc21. The number of carbonyl (C=O) groups excluding carboxylic acids is 5. The van der Waals surface area contributed by atoms with Crippen LogP contribution in [-0.4, -0.2) is 129 Å². The summed E-state index contributed by atoms with van der Waals surface area (Å²) >= 11 is 9.76. The molecule has 0 spiro atoms. The number of quaternary nitrogens is 1. The van der Waals surface area contributed by atoms with E-state index in [2.05, 4.69) is 20.8 Å². The third kappa shape index (κ3) is 16.1. The van der Waals surface area contributed by atoms with Crippen molar-refractivity contribution in [3.63, 3.8) is 0 Å². The third-order valence-electron chi connectivity index (χ3n) is 15.2. The minimum atomic E-state index is -1.71. The number of pyridine rings is 1. The zero-order chi connectivity index (χ0) is 65.6. The van der Waals surface area contributed by atoms with Crippen molar-refractivity contribution in [2.75, 3.05) is 52.0 Å². The monoisotopic (exact) mass is 1310 g/mol. The van der Waals surface area contributed by atoms with Gasteiger partial charge in [0.05, 0.1) is 55.9 Å². The standard InChI is InChI=1S/C66H76ClN7O15S2/c1-13-72-31-42(55(75)50-48(72)30-49(84-34-39-16-22-44(81-10)23-17-39)56(51(50)67)85-35-40-18-24-45(82-11)25-19-40)32-74(28-14-15-29-74)33-43-37-90-59-53(58(77)73(59)54(43)60(78)86-36-41-20-26-46(83-12)27-21-41)69-57(76)52(71-89-66(8,9)61(79)87-64(2,3)4)47-38-91-62(68-47)70-63(80)88-65(5,6)7/h16-27,30-31,38,53,59H,13-15,28-29,32-37H2,1-12H3,(H-,68,69,70,76,80)/p+1/t53-,59-/m1/s1. The van der Waals surface area contributed by atoms with Gasteiger partial charge in [-0.15, -0.1) is 23.1 Å². The molecule has 9 rings (SSSR count). The summed E-state index contributed by atoms with van der Waals surface area (Å²) in [5.74, 6) is -0.257. The van der Waals surface area contributed by atoms with Gasteiger partial charge in [-0.05, 0) is 115 Å². The Bertz CT molecular complexity index is 3810. The van der Waals surface area contributed by atoms with Gasteiger partial charge < -0.3 is 57.1 Å². The van der Waals surface area contributed by atoms with Crippen LogP contribution in [0.3, 0.4) is 0 Å². The number of fused-ring (bicyclic) bond motifs is 2. The lowest BCUT2D eigenvalue weighted by atomic mass is 10.0. The van der Waals surface area contributed by atoms with E-state index in [9.17, 15) is 24.0 Å². The van der Waals surface area contributed by atoms with Gasteiger partial charge in [0.25, 0.3) is 11.8 Å². The van der Waals surface area contributed by atoms with Crippen LogP contribution in [0.5, 0.6) is 28.7 Å².